The predicted octanol–water partition coefficient (Wildman–Crippen LogP) is 3.40. The fourth-order valence-electron chi connectivity index (χ4n) is 2.96. The smallest absolute Gasteiger partial charge is 0.247 e. The third kappa shape index (κ3) is 6.32. The van der Waals surface area contributed by atoms with Crippen molar-refractivity contribution in [1.82, 2.24) is 5.32 Å². The number of halogens is 1. The number of rotatable bonds is 8. The molecule has 0 aliphatic heterocycles. The number of aryl methyl sites for hydroxylation is 1. The van der Waals surface area contributed by atoms with Gasteiger partial charge in [0.15, 0.2) is 9.84 Å². The number of nitrogens with one attached hydrogen (secondary N) is 3. The first-order chi connectivity index (χ1) is 14.8. The van der Waals surface area contributed by atoms with Gasteiger partial charge in [-0.3, -0.25) is 10.2 Å². The van der Waals surface area contributed by atoms with Gasteiger partial charge < -0.3 is 16.4 Å². The van der Waals surface area contributed by atoms with Gasteiger partial charge in [0, 0.05) is 11.3 Å². The molecule has 7 nitrogen and oxygen atoms in total. The number of nitrogen functional groups attached to an aromatic ring is 1. The molecule has 1 atom stereocenters. The molecule has 1 amide bonds. The van der Waals surface area contributed by atoms with Crippen LogP contribution in [0.5, 0.6) is 0 Å². The number of hydrogen-bond acceptors (Lipinski definition) is 5. The molecule has 0 aromatic heterocycles. The summed E-state index contributed by atoms with van der Waals surface area (Å²) in [7, 11) is -3.67. The van der Waals surface area contributed by atoms with Gasteiger partial charge in [-0.2, -0.15) is 0 Å². The molecular formula is C23H25ClN4O3S. The van der Waals surface area contributed by atoms with E-state index in [1.807, 2.05) is 13.0 Å². The Morgan fingerprint density at radius 1 is 0.969 bits per heavy atom. The molecule has 0 bridgehead atoms. The lowest BCUT2D eigenvalue weighted by molar-refractivity contribution is -0.121. The van der Waals surface area contributed by atoms with Gasteiger partial charge in [0.25, 0.3) is 0 Å². The number of amides is 1. The van der Waals surface area contributed by atoms with E-state index < -0.39 is 27.7 Å². The Kier molecular flexibility index (Phi) is 8.40. The highest BCUT2D eigenvalue weighted by Gasteiger charge is 2.23. The van der Waals surface area contributed by atoms with E-state index in [0.29, 0.717) is 16.8 Å². The summed E-state index contributed by atoms with van der Waals surface area (Å²) in [5.41, 5.74) is 8.32. The molecule has 5 N–H and O–H groups in total. The Morgan fingerprint density at radius 3 is 2.12 bits per heavy atom. The molecule has 9 heteroatoms. The Bertz CT molecular complexity index is 1170. The van der Waals surface area contributed by atoms with E-state index in [4.69, 9.17) is 11.1 Å². The van der Waals surface area contributed by atoms with E-state index in [1.165, 1.54) is 12.1 Å². The van der Waals surface area contributed by atoms with Crippen LogP contribution in [0.1, 0.15) is 22.7 Å². The number of carbonyl (C=O) groups excluding carboxylic acids is 1. The van der Waals surface area contributed by atoms with Crippen LogP contribution in [-0.2, 0) is 14.6 Å². The number of sulfone groups is 1. The number of amidine groups is 1. The lowest BCUT2D eigenvalue weighted by atomic mass is 10.1. The summed E-state index contributed by atoms with van der Waals surface area (Å²) in [5.74, 6) is -1.04. The van der Waals surface area contributed by atoms with Gasteiger partial charge in [-0.1, -0.05) is 48.0 Å². The third-order valence-electron chi connectivity index (χ3n) is 4.72. The summed E-state index contributed by atoms with van der Waals surface area (Å²) in [5, 5.41) is 13.1. The third-order valence-corrected chi connectivity index (χ3v) is 6.23. The van der Waals surface area contributed by atoms with E-state index in [9.17, 15) is 13.2 Å². The molecule has 0 spiro atoms. The second-order valence-electron chi connectivity index (χ2n) is 7.09. The van der Waals surface area contributed by atoms with Gasteiger partial charge in [-0.15, -0.1) is 12.4 Å². The minimum absolute atomic E-state index is 0. The van der Waals surface area contributed by atoms with Crippen molar-refractivity contribution >= 4 is 39.7 Å². The Balaban J connectivity index is 0.00000363. The van der Waals surface area contributed by atoms with Gasteiger partial charge in [0.05, 0.1) is 4.90 Å². The minimum atomic E-state index is -3.67. The maximum Gasteiger partial charge on any atom is 0.247 e. The van der Waals surface area contributed by atoms with E-state index in [0.717, 1.165) is 5.56 Å². The Morgan fingerprint density at radius 2 is 1.56 bits per heavy atom. The van der Waals surface area contributed by atoms with Crippen LogP contribution in [-0.4, -0.2) is 26.0 Å². The summed E-state index contributed by atoms with van der Waals surface area (Å²) >= 11 is 0. The minimum Gasteiger partial charge on any atom is -0.384 e. The molecule has 0 fully saturated rings. The van der Waals surface area contributed by atoms with Gasteiger partial charge in [0.2, 0.25) is 5.91 Å². The maximum atomic E-state index is 13.0. The number of hydrogen-bond donors (Lipinski definition) is 4. The first-order valence-corrected chi connectivity index (χ1v) is 11.2. The molecular weight excluding hydrogens is 448 g/mol. The van der Waals surface area contributed by atoms with Crippen LogP contribution < -0.4 is 16.4 Å². The highest BCUT2D eigenvalue weighted by Crippen LogP contribution is 2.21. The topological polar surface area (TPSA) is 125 Å². The molecule has 1 unspecified atom stereocenters. The van der Waals surface area contributed by atoms with Crippen LogP contribution in [0, 0.1) is 12.3 Å². The molecule has 0 radical (unpaired) electrons. The average Bonchev–Trinajstić information content (AvgIpc) is 2.77. The van der Waals surface area contributed by atoms with Gasteiger partial charge in [0.1, 0.15) is 17.8 Å². The van der Waals surface area contributed by atoms with Crippen LogP contribution >= 0.6 is 12.4 Å². The summed E-state index contributed by atoms with van der Waals surface area (Å²) in [6.07, 6.45) is 0. The molecule has 0 saturated carbocycles. The van der Waals surface area contributed by atoms with Gasteiger partial charge in [-0.25, -0.2) is 8.42 Å². The summed E-state index contributed by atoms with van der Waals surface area (Å²) in [6, 6.07) is 21.5. The summed E-state index contributed by atoms with van der Waals surface area (Å²) in [4.78, 5) is 13.1. The first-order valence-electron chi connectivity index (χ1n) is 9.59. The molecule has 3 rings (SSSR count). The van der Waals surface area contributed by atoms with Crippen LogP contribution in [0.15, 0.2) is 83.8 Å². The second-order valence-corrected chi connectivity index (χ2v) is 9.08. The van der Waals surface area contributed by atoms with Crippen molar-refractivity contribution in [3.63, 3.8) is 0 Å². The second kappa shape index (κ2) is 10.8. The normalized spacial score (nSPS) is 11.7. The lowest BCUT2D eigenvalue weighted by Gasteiger charge is -2.20. The Labute approximate surface area is 193 Å². The molecule has 0 heterocycles. The molecule has 0 saturated heterocycles. The number of nitrogens with two attached hydrogens (primary N) is 1. The van der Waals surface area contributed by atoms with Crippen LogP contribution in [0.4, 0.5) is 5.69 Å². The van der Waals surface area contributed by atoms with Gasteiger partial charge in [-0.05, 0) is 48.9 Å². The molecule has 3 aromatic rings. The van der Waals surface area contributed by atoms with Crippen molar-refractivity contribution in [2.45, 2.75) is 17.9 Å². The zero-order valence-corrected chi connectivity index (χ0v) is 19.0. The SMILES string of the molecule is Cc1ccc(S(=O)(=O)CNC(=O)C(Nc2ccc(C(=N)N)cc2)c2ccccc2)cc1.Cl. The highest BCUT2D eigenvalue weighted by atomic mass is 35.5. The van der Waals surface area contributed by atoms with E-state index in [2.05, 4.69) is 10.6 Å². The zero-order valence-electron chi connectivity index (χ0n) is 17.4. The van der Waals surface area contributed by atoms with E-state index in [1.54, 1.807) is 60.7 Å². The monoisotopic (exact) mass is 472 g/mol. The zero-order chi connectivity index (χ0) is 22.4. The van der Waals surface area contributed by atoms with E-state index in [-0.39, 0.29) is 23.1 Å². The van der Waals surface area contributed by atoms with Crippen molar-refractivity contribution in [2.24, 2.45) is 5.73 Å². The number of anilines is 1. The van der Waals surface area contributed by atoms with Crippen molar-refractivity contribution in [3.05, 3.63) is 95.6 Å². The first kappa shape index (κ1) is 24.9. The fourth-order valence-corrected chi connectivity index (χ4v) is 4.01. The quantitative estimate of drug-likeness (QED) is 0.295. The number of benzene rings is 3. The maximum absolute atomic E-state index is 13.0. The fraction of sp³-hybridized carbons (Fsp3) is 0.130. The molecule has 32 heavy (non-hydrogen) atoms. The van der Waals surface area contributed by atoms with Crippen molar-refractivity contribution in [2.75, 3.05) is 11.2 Å². The standard InChI is InChI=1S/C23H24N4O3S.ClH/c1-16-7-13-20(14-8-16)31(29,30)15-26-23(28)21(17-5-3-2-4-6-17)27-19-11-9-18(10-12-19)22(24)25;/h2-14,21,27H,15H2,1H3,(H3,24,25)(H,26,28);1H. The van der Waals surface area contributed by atoms with Crippen LogP contribution in [0.2, 0.25) is 0 Å². The summed E-state index contributed by atoms with van der Waals surface area (Å²) in [6.45, 7) is 1.87. The lowest BCUT2D eigenvalue weighted by Crippen LogP contribution is -2.36. The molecule has 168 valence electrons. The van der Waals surface area contributed by atoms with Crippen molar-refractivity contribution < 1.29 is 13.2 Å². The van der Waals surface area contributed by atoms with Crippen molar-refractivity contribution in [3.8, 4) is 0 Å². The largest absolute Gasteiger partial charge is 0.384 e. The Hall–Kier alpha value is -3.36. The molecule has 3 aromatic carbocycles. The molecule has 0 aliphatic carbocycles. The molecule has 0 aliphatic rings. The van der Waals surface area contributed by atoms with Gasteiger partial charge >= 0.3 is 0 Å². The highest BCUT2D eigenvalue weighted by molar-refractivity contribution is 7.91. The summed E-state index contributed by atoms with van der Waals surface area (Å²) < 4.78 is 25.2. The average molecular weight is 473 g/mol. The predicted molar refractivity (Wildman–Crippen MR) is 129 cm³/mol. The van der Waals surface area contributed by atoms with Crippen molar-refractivity contribution in [1.29, 1.82) is 5.41 Å². The van der Waals surface area contributed by atoms with Crippen LogP contribution in [0.3, 0.4) is 0 Å². The van der Waals surface area contributed by atoms with Crippen LogP contribution in [0.25, 0.3) is 0 Å². The van der Waals surface area contributed by atoms with E-state index >= 15 is 0 Å². The number of carbonyl (C=O) groups is 1.